The normalized spacial score (nSPS) is 16.9. The lowest BCUT2D eigenvalue weighted by atomic mass is 9.95. The summed E-state index contributed by atoms with van der Waals surface area (Å²) in [5.41, 5.74) is 1.15. The molecule has 0 bridgehead atoms. The third-order valence-electron chi connectivity index (χ3n) is 6.50. The maximum atomic E-state index is 13.3. The lowest BCUT2D eigenvalue weighted by molar-refractivity contribution is -0.140. The van der Waals surface area contributed by atoms with E-state index >= 15 is 0 Å². The molecule has 3 rings (SSSR count). The molecule has 1 aliphatic heterocycles. The molecule has 0 aliphatic carbocycles. The van der Waals surface area contributed by atoms with Gasteiger partial charge in [0.25, 0.3) is 11.7 Å². The minimum absolute atomic E-state index is 0.0537. The smallest absolute Gasteiger partial charge is 0.295 e. The van der Waals surface area contributed by atoms with Crippen LogP contribution in [0.25, 0.3) is 5.76 Å². The van der Waals surface area contributed by atoms with Gasteiger partial charge in [-0.3, -0.25) is 9.59 Å². The van der Waals surface area contributed by atoms with Crippen LogP contribution in [0.2, 0.25) is 0 Å². The van der Waals surface area contributed by atoms with Gasteiger partial charge in [-0.2, -0.15) is 0 Å². The van der Waals surface area contributed by atoms with Crippen molar-refractivity contribution in [3.63, 3.8) is 0 Å². The minimum atomic E-state index is -0.767. The Hall–Kier alpha value is -3.52. The molecule has 200 valence electrons. The molecule has 2 aromatic rings. The van der Waals surface area contributed by atoms with Crippen molar-refractivity contribution < 1.29 is 28.9 Å². The van der Waals surface area contributed by atoms with Gasteiger partial charge in [0.1, 0.15) is 11.5 Å². The number of ketones is 1. The first-order valence-electron chi connectivity index (χ1n) is 12.9. The van der Waals surface area contributed by atoms with Gasteiger partial charge in [0, 0.05) is 18.7 Å². The number of Topliss-reactive ketones (excluding diaryl/α,β-unsaturated/α-hetero) is 1. The van der Waals surface area contributed by atoms with Crippen LogP contribution in [-0.2, 0) is 9.59 Å². The quantitative estimate of drug-likeness (QED) is 0.238. The summed E-state index contributed by atoms with van der Waals surface area (Å²) >= 11 is 0. The summed E-state index contributed by atoms with van der Waals surface area (Å²) < 4.78 is 16.9. The molecule has 0 saturated carbocycles. The number of rotatable bonds is 13. The van der Waals surface area contributed by atoms with Gasteiger partial charge in [-0.05, 0) is 68.4 Å². The Labute approximate surface area is 219 Å². The Balaban J connectivity index is 2.10. The van der Waals surface area contributed by atoms with Crippen molar-refractivity contribution in [2.24, 2.45) is 0 Å². The number of amides is 1. The number of carbonyl (C=O) groups excluding carboxylic acids is 2. The number of aliphatic hydroxyl groups excluding tert-OH is 1. The molecular formula is C29H38N2O6. The number of ether oxygens (including phenoxy) is 3. The largest absolute Gasteiger partial charge is 0.507 e. The van der Waals surface area contributed by atoms with Gasteiger partial charge in [0.05, 0.1) is 31.9 Å². The van der Waals surface area contributed by atoms with Crippen LogP contribution in [0.5, 0.6) is 17.2 Å². The van der Waals surface area contributed by atoms with E-state index in [0.717, 1.165) is 19.5 Å². The monoisotopic (exact) mass is 510 g/mol. The standard InChI is InChI=1S/C29H38N2O6/c1-6-18-37-23-15-12-21(19-24(23)35-5)26-25(27(32)20-10-13-22(14-11-20)36-9-4)28(33)29(34)31(26)17-16-30(7-2)8-3/h10-15,19,26,32H,6-9,16-18H2,1-5H3/b27-25+/t26-/m0/s1. The first-order valence-corrected chi connectivity index (χ1v) is 12.9. The number of likely N-dealkylation sites (N-methyl/N-ethyl adjacent to an activating group) is 1. The third-order valence-corrected chi connectivity index (χ3v) is 6.50. The van der Waals surface area contributed by atoms with Gasteiger partial charge in [-0.25, -0.2) is 0 Å². The number of carbonyl (C=O) groups is 2. The van der Waals surface area contributed by atoms with E-state index in [2.05, 4.69) is 18.7 Å². The van der Waals surface area contributed by atoms with Gasteiger partial charge < -0.3 is 29.1 Å². The zero-order chi connectivity index (χ0) is 26.9. The fraction of sp³-hybridized carbons (Fsp3) is 0.448. The SMILES string of the molecule is CCCOc1ccc([C@H]2/C(=C(\O)c3ccc(OCC)cc3)C(=O)C(=O)N2CCN(CC)CC)cc1OC. The summed E-state index contributed by atoms with van der Waals surface area (Å²) in [6.07, 6.45) is 0.846. The second-order valence-corrected chi connectivity index (χ2v) is 8.74. The Kier molecular flexibility index (Phi) is 9.97. The number of benzene rings is 2. The van der Waals surface area contributed by atoms with Crippen molar-refractivity contribution in [3.8, 4) is 17.2 Å². The summed E-state index contributed by atoms with van der Waals surface area (Å²) in [4.78, 5) is 30.3. The molecule has 8 heteroatoms. The van der Waals surface area contributed by atoms with Crippen LogP contribution in [0.1, 0.15) is 51.3 Å². The predicted octanol–water partition coefficient (Wildman–Crippen LogP) is 4.65. The van der Waals surface area contributed by atoms with Crippen LogP contribution in [0.15, 0.2) is 48.0 Å². The third kappa shape index (κ3) is 6.25. The molecule has 1 heterocycles. The highest BCUT2D eigenvalue weighted by molar-refractivity contribution is 6.46. The number of hydrogen-bond acceptors (Lipinski definition) is 7. The topological polar surface area (TPSA) is 88.5 Å². The van der Waals surface area contributed by atoms with E-state index < -0.39 is 17.7 Å². The highest BCUT2D eigenvalue weighted by Crippen LogP contribution is 2.42. The summed E-state index contributed by atoms with van der Waals surface area (Å²) in [5, 5.41) is 11.3. The van der Waals surface area contributed by atoms with Gasteiger partial charge in [0.15, 0.2) is 11.5 Å². The highest BCUT2D eigenvalue weighted by Gasteiger charge is 2.46. The van der Waals surface area contributed by atoms with Crippen molar-refractivity contribution in [2.45, 2.75) is 40.2 Å². The van der Waals surface area contributed by atoms with Crippen LogP contribution >= 0.6 is 0 Å². The fourth-order valence-electron chi connectivity index (χ4n) is 4.46. The van der Waals surface area contributed by atoms with Crippen LogP contribution in [-0.4, -0.2) is 73.1 Å². The first-order chi connectivity index (χ1) is 17.9. The van der Waals surface area contributed by atoms with E-state index in [1.807, 2.05) is 19.9 Å². The van der Waals surface area contributed by atoms with E-state index in [9.17, 15) is 14.7 Å². The minimum Gasteiger partial charge on any atom is -0.507 e. The van der Waals surface area contributed by atoms with Crippen molar-refractivity contribution >= 4 is 17.4 Å². The lowest BCUT2D eigenvalue weighted by Gasteiger charge is -2.28. The maximum absolute atomic E-state index is 13.3. The van der Waals surface area contributed by atoms with Gasteiger partial charge >= 0.3 is 0 Å². The summed E-state index contributed by atoms with van der Waals surface area (Å²) in [5.74, 6) is 0.182. The molecule has 0 radical (unpaired) electrons. The second-order valence-electron chi connectivity index (χ2n) is 8.74. The van der Waals surface area contributed by atoms with Crippen LogP contribution in [0.4, 0.5) is 0 Å². The lowest BCUT2D eigenvalue weighted by Crippen LogP contribution is -2.38. The van der Waals surface area contributed by atoms with Gasteiger partial charge in [-0.1, -0.05) is 26.8 Å². The summed E-state index contributed by atoms with van der Waals surface area (Å²) in [7, 11) is 1.55. The van der Waals surface area contributed by atoms with Crippen LogP contribution < -0.4 is 14.2 Å². The van der Waals surface area contributed by atoms with Gasteiger partial charge in [0.2, 0.25) is 0 Å². The summed E-state index contributed by atoms with van der Waals surface area (Å²) in [6, 6.07) is 11.4. The zero-order valence-electron chi connectivity index (χ0n) is 22.5. The number of likely N-dealkylation sites (tertiary alicyclic amines) is 1. The Morgan fingerprint density at radius 1 is 0.973 bits per heavy atom. The fourth-order valence-corrected chi connectivity index (χ4v) is 4.46. The van der Waals surface area contributed by atoms with E-state index in [1.54, 1.807) is 48.4 Å². The molecule has 1 N–H and O–H groups in total. The maximum Gasteiger partial charge on any atom is 0.295 e. The Bertz CT molecular complexity index is 1110. The van der Waals surface area contributed by atoms with Crippen molar-refractivity contribution in [2.75, 3.05) is 46.5 Å². The van der Waals surface area contributed by atoms with Crippen molar-refractivity contribution in [3.05, 3.63) is 59.2 Å². The average molecular weight is 511 g/mol. The van der Waals surface area contributed by atoms with E-state index in [4.69, 9.17) is 14.2 Å². The van der Waals surface area contributed by atoms with Crippen LogP contribution in [0, 0.1) is 0 Å². The number of nitrogens with zero attached hydrogens (tertiary/aromatic N) is 2. The average Bonchev–Trinajstić information content (AvgIpc) is 3.17. The first kappa shape index (κ1) is 28.1. The van der Waals surface area contributed by atoms with Gasteiger partial charge in [-0.15, -0.1) is 0 Å². The van der Waals surface area contributed by atoms with Crippen molar-refractivity contribution in [1.29, 1.82) is 0 Å². The molecule has 1 aliphatic rings. The highest BCUT2D eigenvalue weighted by atomic mass is 16.5. The molecule has 2 aromatic carbocycles. The molecule has 37 heavy (non-hydrogen) atoms. The molecule has 8 nitrogen and oxygen atoms in total. The van der Waals surface area contributed by atoms with Crippen molar-refractivity contribution in [1.82, 2.24) is 9.80 Å². The number of hydrogen-bond donors (Lipinski definition) is 1. The van der Waals surface area contributed by atoms with Crippen LogP contribution in [0.3, 0.4) is 0 Å². The molecule has 1 atom stereocenters. The molecule has 0 unspecified atom stereocenters. The molecule has 1 saturated heterocycles. The van der Waals surface area contributed by atoms with E-state index in [1.165, 1.54) is 0 Å². The molecule has 0 spiro atoms. The molecular weight excluding hydrogens is 472 g/mol. The van der Waals surface area contributed by atoms with E-state index in [-0.39, 0.29) is 11.3 Å². The Morgan fingerprint density at radius 3 is 2.27 bits per heavy atom. The number of methoxy groups -OCH3 is 1. The molecule has 0 aromatic heterocycles. The molecule has 1 amide bonds. The second kappa shape index (κ2) is 13.1. The summed E-state index contributed by atoms with van der Waals surface area (Å²) in [6.45, 7) is 11.7. The zero-order valence-corrected chi connectivity index (χ0v) is 22.5. The number of aliphatic hydroxyl groups is 1. The van der Waals surface area contributed by atoms with E-state index in [0.29, 0.717) is 54.7 Å². The Morgan fingerprint density at radius 2 is 1.68 bits per heavy atom. The molecule has 1 fully saturated rings. The predicted molar refractivity (Wildman–Crippen MR) is 143 cm³/mol.